The molecule has 4 rings (SSSR count). The molecular weight excluding hydrogens is 340 g/mol. The molecule has 0 saturated carbocycles. The van der Waals surface area contributed by atoms with Gasteiger partial charge in [-0.1, -0.05) is 18.2 Å². The van der Waals surface area contributed by atoms with Gasteiger partial charge in [0.25, 0.3) is 0 Å². The summed E-state index contributed by atoms with van der Waals surface area (Å²) in [6.45, 7) is 3.11. The van der Waals surface area contributed by atoms with Crippen LogP contribution in [0.15, 0.2) is 42.5 Å². The van der Waals surface area contributed by atoms with Crippen LogP contribution in [0.5, 0.6) is 5.75 Å². The number of carboxylic acids is 1. The first-order chi connectivity index (χ1) is 13.2. The summed E-state index contributed by atoms with van der Waals surface area (Å²) >= 11 is 0. The second kappa shape index (κ2) is 7.45. The van der Waals surface area contributed by atoms with Crippen LogP contribution in [-0.2, 0) is 11.2 Å². The number of benzene rings is 2. The normalized spacial score (nSPS) is 18.9. The molecule has 1 atom stereocenters. The number of rotatable bonds is 4. The highest BCUT2D eigenvalue weighted by Gasteiger charge is 2.30. The number of methoxy groups -OCH3 is 1. The van der Waals surface area contributed by atoms with Crippen LogP contribution < -0.4 is 15.0 Å². The van der Waals surface area contributed by atoms with Crippen LogP contribution >= 0.6 is 0 Å². The zero-order chi connectivity index (χ0) is 18.8. The van der Waals surface area contributed by atoms with E-state index in [9.17, 15) is 4.79 Å². The lowest BCUT2D eigenvalue weighted by molar-refractivity contribution is -0.131. The van der Waals surface area contributed by atoms with Crippen molar-refractivity contribution >= 4 is 17.7 Å². The van der Waals surface area contributed by atoms with E-state index in [1.807, 2.05) is 18.2 Å². The maximum atomic E-state index is 11.0. The molecule has 5 nitrogen and oxygen atoms in total. The van der Waals surface area contributed by atoms with Crippen molar-refractivity contribution in [2.45, 2.75) is 18.9 Å². The Balaban J connectivity index is 1.74. The van der Waals surface area contributed by atoms with E-state index in [0.717, 1.165) is 42.7 Å². The maximum absolute atomic E-state index is 11.0. The number of ether oxygens (including phenoxy) is 1. The van der Waals surface area contributed by atoms with Crippen molar-refractivity contribution in [3.63, 3.8) is 0 Å². The smallest absolute Gasteiger partial charge is 0.328 e. The summed E-state index contributed by atoms with van der Waals surface area (Å²) in [5.41, 5.74) is 5.66. The molecule has 0 bridgehead atoms. The van der Waals surface area contributed by atoms with Gasteiger partial charge in [-0.05, 0) is 65.9 Å². The zero-order valence-corrected chi connectivity index (χ0v) is 15.4. The Morgan fingerprint density at radius 3 is 2.96 bits per heavy atom. The van der Waals surface area contributed by atoms with Gasteiger partial charge in [0.2, 0.25) is 0 Å². The second-order valence-electron chi connectivity index (χ2n) is 7.06. The fourth-order valence-corrected chi connectivity index (χ4v) is 4.12. The predicted molar refractivity (Wildman–Crippen MR) is 107 cm³/mol. The number of aliphatic carboxylic acids is 1. The van der Waals surface area contributed by atoms with Crippen molar-refractivity contribution in [1.82, 2.24) is 5.32 Å². The van der Waals surface area contributed by atoms with Crippen LogP contribution in [0.2, 0.25) is 0 Å². The van der Waals surface area contributed by atoms with Crippen LogP contribution in [0.3, 0.4) is 0 Å². The molecule has 140 valence electrons. The fourth-order valence-electron chi connectivity index (χ4n) is 4.12. The summed E-state index contributed by atoms with van der Waals surface area (Å²) in [6, 6.07) is 13.0. The molecule has 2 aliphatic rings. The Morgan fingerprint density at radius 2 is 2.15 bits per heavy atom. The van der Waals surface area contributed by atoms with Crippen LogP contribution in [-0.4, -0.2) is 43.9 Å². The third-order valence-electron chi connectivity index (χ3n) is 5.45. The average molecular weight is 364 g/mol. The molecule has 1 saturated heterocycles. The van der Waals surface area contributed by atoms with E-state index in [2.05, 4.69) is 28.4 Å². The number of anilines is 1. The quantitative estimate of drug-likeness (QED) is 0.816. The molecule has 2 aliphatic heterocycles. The number of carbonyl (C=O) groups is 1. The lowest BCUT2D eigenvalue weighted by atomic mass is 9.97. The van der Waals surface area contributed by atoms with Gasteiger partial charge < -0.3 is 20.1 Å². The highest BCUT2D eigenvalue weighted by Crippen LogP contribution is 2.38. The van der Waals surface area contributed by atoms with E-state index in [0.29, 0.717) is 11.8 Å². The van der Waals surface area contributed by atoms with Crippen molar-refractivity contribution in [2.24, 2.45) is 0 Å². The third kappa shape index (κ3) is 3.55. The van der Waals surface area contributed by atoms with Gasteiger partial charge in [-0.3, -0.25) is 0 Å². The van der Waals surface area contributed by atoms with Gasteiger partial charge in [0.05, 0.1) is 7.11 Å². The molecule has 27 heavy (non-hydrogen) atoms. The number of carboxylic acid groups (broad SMARTS) is 1. The number of nitrogens with one attached hydrogen (secondary N) is 1. The van der Waals surface area contributed by atoms with E-state index in [-0.39, 0.29) is 0 Å². The molecule has 2 heterocycles. The molecule has 0 aliphatic carbocycles. The largest absolute Gasteiger partial charge is 0.497 e. The number of hydrogen-bond donors (Lipinski definition) is 2. The molecule has 0 radical (unpaired) electrons. The second-order valence-corrected chi connectivity index (χ2v) is 7.06. The summed E-state index contributed by atoms with van der Waals surface area (Å²) in [7, 11) is 1.61. The molecular formula is C22H24N2O3. The van der Waals surface area contributed by atoms with E-state index in [4.69, 9.17) is 9.84 Å². The van der Waals surface area contributed by atoms with Gasteiger partial charge in [-0.25, -0.2) is 4.79 Å². The molecule has 2 aromatic rings. The molecule has 0 amide bonds. The monoisotopic (exact) mass is 364 g/mol. The summed E-state index contributed by atoms with van der Waals surface area (Å²) < 4.78 is 5.31. The Bertz CT molecular complexity index is 891. The average Bonchev–Trinajstić information content (AvgIpc) is 2.85. The SMILES string of the molecule is COc1ccc(-c2ccc3c(c2)N2CCNCCC2C3)c(/C=C/C(=O)O)c1. The highest BCUT2D eigenvalue weighted by molar-refractivity contribution is 5.88. The Hall–Kier alpha value is -2.79. The minimum absolute atomic E-state index is 0.576. The van der Waals surface area contributed by atoms with Crippen molar-refractivity contribution in [3.05, 3.63) is 53.6 Å². The maximum Gasteiger partial charge on any atom is 0.328 e. The van der Waals surface area contributed by atoms with Gasteiger partial charge in [-0.2, -0.15) is 0 Å². The van der Waals surface area contributed by atoms with E-state index >= 15 is 0 Å². The lowest BCUT2D eigenvalue weighted by Crippen LogP contribution is -2.32. The summed E-state index contributed by atoms with van der Waals surface area (Å²) in [4.78, 5) is 13.5. The molecule has 1 unspecified atom stereocenters. The van der Waals surface area contributed by atoms with Crippen LogP contribution in [0.25, 0.3) is 17.2 Å². The molecule has 0 aromatic heterocycles. The van der Waals surface area contributed by atoms with Crippen LogP contribution in [0.1, 0.15) is 17.5 Å². The van der Waals surface area contributed by atoms with Crippen molar-refractivity contribution < 1.29 is 14.6 Å². The number of nitrogens with zero attached hydrogens (tertiary/aromatic N) is 1. The Morgan fingerprint density at radius 1 is 1.26 bits per heavy atom. The van der Waals surface area contributed by atoms with Gasteiger partial charge in [0.15, 0.2) is 0 Å². The van der Waals surface area contributed by atoms with Crippen LogP contribution in [0, 0.1) is 0 Å². The number of fused-ring (bicyclic) bond motifs is 3. The summed E-state index contributed by atoms with van der Waals surface area (Å²) in [6.07, 6.45) is 5.07. The van der Waals surface area contributed by atoms with Gasteiger partial charge in [0, 0.05) is 30.9 Å². The first kappa shape index (κ1) is 17.6. The summed E-state index contributed by atoms with van der Waals surface area (Å²) in [5, 5.41) is 12.5. The molecule has 2 aromatic carbocycles. The highest BCUT2D eigenvalue weighted by atomic mass is 16.5. The standard InChI is InChI=1S/C22H24N2O3/c1-27-19-5-6-20(15(13-19)4-7-22(25)26)16-2-3-17-12-18-8-9-23-10-11-24(18)21(17)14-16/h2-7,13-14,18,23H,8-12H2,1H3,(H,25,26)/b7-4+. The van der Waals surface area contributed by atoms with E-state index in [1.165, 1.54) is 23.7 Å². The van der Waals surface area contributed by atoms with Crippen LogP contribution in [0.4, 0.5) is 5.69 Å². The summed E-state index contributed by atoms with van der Waals surface area (Å²) in [5.74, 6) is -0.249. The van der Waals surface area contributed by atoms with Gasteiger partial charge in [-0.15, -0.1) is 0 Å². The third-order valence-corrected chi connectivity index (χ3v) is 5.45. The minimum Gasteiger partial charge on any atom is -0.497 e. The van der Waals surface area contributed by atoms with Crippen molar-refractivity contribution in [3.8, 4) is 16.9 Å². The molecule has 1 fully saturated rings. The topological polar surface area (TPSA) is 61.8 Å². The Labute approximate surface area is 159 Å². The van der Waals surface area contributed by atoms with Crippen molar-refractivity contribution in [2.75, 3.05) is 31.6 Å². The van der Waals surface area contributed by atoms with E-state index < -0.39 is 5.97 Å². The Kier molecular flexibility index (Phi) is 4.86. The first-order valence-corrected chi connectivity index (χ1v) is 9.35. The number of hydrogen-bond acceptors (Lipinski definition) is 4. The van der Waals surface area contributed by atoms with Crippen molar-refractivity contribution in [1.29, 1.82) is 0 Å². The zero-order valence-electron chi connectivity index (χ0n) is 15.4. The molecule has 2 N–H and O–H groups in total. The first-order valence-electron chi connectivity index (χ1n) is 9.35. The fraction of sp³-hybridized carbons (Fsp3) is 0.318. The van der Waals surface area contributed by atoms with Gasteiger partial charge in [0.1, 0.15) is 5.75 Å². The lowest BCUT2D eigenvalue weighted by Gasteiger charge is -2.25. The molecule has 0 spiro atoms. The van der Waals surface area contributed by atoms with E-state index in [1.54, 1.807) is 13.2 Å². The van der Waals surface area contributed by atoms with Gasteiger partial charge >= 0.3 is 5.97 Å². The molecule has 5 heteroatoms. The predicted octanol–water partition coefficient (Wildman–Crippen LogP) is 3.18. The minimum atomic E-state index is -0.961.